The smallest absolute Gasteiger partial charge is 0.416 e. The van der Waals surface area contributed by atoms with Gasteiger partial charge in [0.15, 0.2) is 5.11 Å². The Morgan fingerprint density at radius 2 is 1.88 bits per heavy atom. The predicted octanol–water partition coefficient (Wildman–Crippen LogP) is 3.50. The summed E-state index contributed by atoms with van der Waals surface area (Å²) >= 11 is 5.38. The monoisotopic (exact) mass is 369 g/mol. The highest BCUT2D eigenvalue weighted by atomic mass is 32.1. The van der Waals surface area contributed by atoms with Crippen LogP contribution in [0.2, 0.25) is 0 Å². The van der Waals surface area contributed by atoms with E-state index in [0.717, 1.165) is 11.8 Å². The van der Waals surface area contributed by atoms with Crippen molar-refractivity contribution in [2.45, 2.75) is 12.7 Å². The van der Waals surface area contributed by atoms with E-state index in [-0.39, 0.29) is 0 Å². The first kappa shape index (κ1) is 17.6. The summed E-state index contributed by atoms with van der Waals surface area (Å²) in [5.74, 6) is 0.796. The van der Waals surface area contributed by atoms with Gasteiger partial charge >= 0.3 is 6.18 Å². The molecule has 3 rings (SSSR count). The number of hydrogen-bond acceptors (Lipinski definition) is 3. The van der Waals surface area contributed by atoms with E-state index < -0.39 is 11.7 Å². The Hall–Kier alpha value is -2.22. The van der Waals surface area contributed by atoms with Crippen molar-refractivity contribution < 1.29 is 17.6 Å². The van der Waals surface area contributed by atoms with Gasteiger partial charge in [0.05, 0.1) is 18.4 Å². The SMILES string of the molecule is FC(F)(F)c1cccc(N2CCN(C(=S)NCc3ccco3)CC2)c1. The average molecular weight is 369 g/mol. The third kappa shape index (κ3) is 4.45. The number of nitrogens with one attached hydrogen (secondary N) is 1. The molecular formula is C17H18F3N3OS. The van der Waals surface area contributed by atoms with Crippen molar-refractivity contribution in [2.75, 3.05) is 31.1 Å². The van der Waals surface area contributed by atoms with Crippen LogP contribution in [0.3, 0.4) is 0 Å². The molecule has 1 aliphatic rings. The van der Waals surface area contributed by atoms with Crippen LogP contribution in [-0.4, -0.2) is 36.2 Å². The topological polar surface area (TPSA) is 31.6 Å². The number of nitrogens with zero attached hydrogens (tertiary/aromatic N) is 2. The van der Waals surface area contributed by atoms with Crippen LogP contribution in [0.1, 0.15) is 11.3 Å². The van der Waals surface area contributed by atoms with E-state index >= 15 is 0 Å². The van der Waals surface area contributed by atoms with Gasteiger partial charge in [0.2, 0.25) is 0 Å². The molecule has 0 aliphatic carbocycles. The van der Waals surface area contributed by atoms with Gasteiger partial charge in [-0.2, -0.15) is 13.2 Å². The highest BCUT2D eigenvalue weighted by Gasteiger charge is 2.31. The van der Waals surface area contributed by atoms with Crippen molar-refractivity contribution in [1.29, 1.82) is 0 Å². The van der Waals surface area contributed by atoms with Crippen LogP contribution in [0.4, 0.5) is 18.9 Å². The Labute approximate surface area is 149 Å². The molecule has 1 aromatic carbocycles. The van der Waals surface area contributed by atoms with Crippen molar-refractivity contribution in [2.24, 2.45) is 0 Å². The lowest BCUT2D eigenvalue weighted by Crippen LogP contribution is -2.51. The summed E-state index contributed by atoms with van der Waals surface area (Å²) in [6, 6.07) is 9.12. The van der Waals surface area contributed by atoms with Crippen molar-refractivity contribution in [3.63, 3.8) is 0 Å². The highest BCUT2D eigenvalue weighted by molar-refractivity contribution is 7.80. The third-order valence-electron chi connectivity index (χ3n) is 4.10. The van der Waals surface area contributed by atoms with Crippen LogP contribution < -0.4 is 10.2 Å². The fraction of sp³-hybridized carbons (Fsp3) is 0.353. The van der Waals surface area contributed by atoms with E-state index in [4.69, 9.17) is 16.6 Å². The molecule has 2 heterocycles. The average Bonchev–Trinajstić information content (AvgIpc) is 3.13. The molecule has 0 saturated carbocycles. The van der Waals surface area contributed by atoms with Crippen molar-refractivity contribution in [3.05, 3.63) is 54.0 Å². The summed E-state index contributed by atoms with van der Waals surface area (Å²) in [5, 5.41) is 3.76. The van der Waals surface area contributed by atoms with Crippen LogP contribution in [0.25, 0.3) is 0 Å². The number of thiocarbonyl (C=S) groups is 1. The normalized spacial score (nSPS) is 15.3. The first-order chi connectivity index (χ1) is 11.9. The largest absolute Gasteiger partial charge is 0.467 e. The fourth-order valence-electron chi connectivity index (χ4n) is 2.73. The third-order valence-corrected chi connectivity index (χ3v) is 4.50. The number of furan rings is 1. The summed E-state index contributed by atoms with van der Waals surface area (Å²) in [5.41, 5.74) is -0.0352. The van der Waals surface area contributed by atoms with Gasteiger partial charge in [-0.25, -0.2) is 0 Å². The minimum Gasteiger partial charge on any atom is -0.467 e. The lowest BCUT2D eigenvalue weighted by molar-refractivity contribution is -0.137. The van der Waals surface area contributed by atoms with Gasteiger partial charge in [-0.3, -0.25) is 0 Å². The molecule has 1 aliphatic heterocycles. The molecule has 0 spiro atoms. The molecule has 1 N–H and O–H groups in total. The summed E-state index contributed by atoms with van der Waals surface area (Å²) in [7, 11) is 0. The molecule has 1 aromatic heterocycles. The van der Waals surface area contributed by atoms with Crippen LogP contribution >= 0.6 is 12.2 Å². The van der Waals surface area contributed by atoms with E-state index in [1.165, 1.54) is 12.1 Å². The molecule has 0 amide bonds. The van der Waals surface area contributed by atoms with Crippen LogP contribution in [0.5, 0.6) is 0 Å². The first-order valence-corrected chi connectivity index (χ1v) is 8.32. The maximum absolute atomic E-state index is 12.8. The Balaban J connectivity index is 1.54. The zero-order chi connectivity index (χ0) is 17.9. The lowest BCUT2D eigenvalue weighted by Gasteiger charge is -2.37. The summed E-state index contributed by atoms with van der Waals surface area (Å²) in [6.07, 6.45) is -2.72. The van der Waals surface area contributed by atoms with Crippen molar-refractivity contribution >= 4 is 23.0 Å². The highest BCUT2D eigenvalue weighted by Crippen LogP contribution is 2.31. The molecule has 0 unspecified atom stereocenters. The number of halogens is 3. The van der Waals surface area contributed by atoms with E-state index in [1.807, 2.05) is 21.9 Å². The molecule has 1 saturated heterocycles. The second kappa shape index (κ2) is 7.35. The zero-order valence-electron chi connectivity index (χ0n) is 13.4. The minimum absolute atomic E-state index is 0.514. The maximum Gasteiger partial charge on any atom is 0.416 e. The molecule has 2 aromatic rings. The first-order valence-electron chi connectivity index (χ1n) is 7.91. The molecule has 8 heteroatoms. The fourth-order valence-corrected chi connectivity index (χ4v) is 2.99. The lowest BCUT2D eigenvalue weighted by atomic mass is 10.1. The Morgan fingerprint density at radius 3 is 2.52 bits per heavy atom. The Morgan fingerprint density at radius 1 is 1.12 bits per heavy atom. The molecule has 1 fully saturated rings. The maximum atomic E-state index is 12.8. The standard InChI is InChI=1S/C17H18F3N3OS/c18-17(19,20)13-3-1-4-14(11-13)22-6-8-23(9-7-22)16(25)21-12-15-5-2-10-24-15/h1-5,10-11H,6-9,12H2,(H,21,25). The van der Waals surface area contributed by atoms with Crippen LogP contribution in [0, 0.1) is 0 Å². The van der Waals surface area contributed by atoms with Gasteiger partial charge in [-0.05, 0) is 42.5 Å². The molecule has 134 valence electrons. The number of rotatable bonds is 3. The quantitative estimate of drug-likeness (QED) is 0.837. The summed E-state index contributed by atoms with van der Waals surface area (Å²) in [4.78, 5) is 3.96. The van der Waals surface area contributed by atoms with Crippen LogP contribution in [0.15, 0.2) is 47.1 Å². The Kier molecular flexibility index (Phi) is 5.17. The number of alkyl halides is 3. The number of benzene rings is 1. The molecular weight excluding hydrogens is 351 g/mol. The predicted molar refractivity (Wildman–Crippen MR) is 93.4 cm³/mol. The summed E-state index contributed by atoms with van der Waals surface area (Å²) < 4.78 is 43.8. The van der Waals surface area contributed by atoms with Crippen molar-refractivity contribution in [1.82, 2.24) is 10.2 Å². The van der Waals surface area contributed by atoms with Gasteiger partial charge in [-0.1, -0.05) is 6.07 Å². The molecule has 0 radical (unpaired) electrons. The van der Waals surface area contributed by atoms with E-state index in [2.05, 4.69) is 5.32 Å². The van der Waals surface area contributed by atoms with Crippen molar-refractivity contribution in [3.8, 4) is 0 Å². The summed E-state index contributed by atoms with van der Waals surface area (Å²) in [6.45, 7) is 3.05. The number of anilines is 1. The molecule has 0 bridgehead atoms. The second-order valence-corrected chi connectivity index (χ2v) is 6.15. The van der Waals surface area contributed by atoms with Gasteiger partial charge in [-0.15, -0.1) is 0 Å². The van der Waals surface area contributed by atoms with Gasteiger partial charge in [0.1, 0.15) is 5.76 Å². The Bertz CT molecular complexity index is 710. The second-order valence-electron chi connectivity index (χ2n) is 5.76. The minimum atomic E-state index is -4.32. The number of hydrogen-bond donors (Lipinski definition) is 1. The van der Waals surface area contributed by atoms with E-state index in [9.17, 15) is 13.2 Å². The van der Waals surface area contributed by atoms with E-state index in [0.29, 0.717) is 43.5 Å². The number of piperazine rings is 1. The van der Waals surface area contributed by atoms with Gasteiger partial charge in [0, 0.05) is 31.9 Å². The molecule has 0 atom stereocenters. The zero-order valence-corrected chi connectivity index (χ0v) is 14.2. The molecule has 4 nitrogen and oxygen atoms in total. The van der Waals surface area contributed by atoms with E-state index in [1.54, 1.807) is 12.3 Å². The van der Waals surface area contributed by atoms with Crippen LogP contribution in [-0.2, 0) is 12.7 Å². The van der Waals surface area contributed by atoms with Gasteiger partial charge in [0.25, 0.3) is 0 Å². The molecule has 25 heavy (non-hydrogen) atoms. The van der Waals surface area contributed by atoms with Gasteiger partial charge < -0.3 is 19.5 Å².